The third-order valence-corrected chi connectivity index (χ3v) is 3.51. The van der Waals surface area contributed by atoms with E-state index in [1.165, 1.54) is 12.1 Å². The lowest BCUT2D eigenvalue weighted by Crippen LogP contribution is -2.14. The van der Waals surface area contributed by atoms with Crippen LogP contribution in [-0.2, 0) is 6.61 Å². The molecule has 3 rings (SSSR count). The standard InChI is InChI=1S/C18H16FN3O3/c1-11-7-8-13(19)9-15(11)21-18(23)14-5-3-4-6-16(14)24-10-17-20-12(2)25-22-17/h3-9H,10H2,1-2H3,(H,21,23). The van der Waals surface area contributed by atoms with Crippen molar-refractivity contribution in [3.8, 4) is 5.75 Å². The van der Waals surface area contributed by atoms with Crippen molar-refractivity contribution < 1.29 is 18.4 Å². The molecule has 0 bridgehead atoms. The largest absolute Gasteiger partial charge is 0.485 e. The molecule has 1 N–H and O–H groups in total. The summed E-state index contributed by atoms with van der Waals surface area (Å²) in [6, 6.07) is 11.0. The van der Waals surface area contributed by atoms with Gasteiger partial charge in [0, 0.05) is 12.6 Å². The van der Waals surface area contributed by atoms with Crippen molar-refractivity contribution in [3.05, 3.63) is 71.1 Å². The number of amides is 1. The summed E-state index contributed by atoms with van der Waals surface area (Å²) in [4.78, 5) is 16.6. The van der Waals surface area contributed by atoms with Crippen LogP contribution in [0.1, 0.15) is 27.6 Å². The van der Waals surface area contributed by atoms with Crippen LogP contribution in [0.2, 0.25) is 0 Å². The highest BCUT2D eigenvalue weighted by Gasteiger charge is 2.14. The molecule has 0 aliphatic heterocycles. The minimum atomic E-state index is -0.419. The molecule has 0 atom stereocenters. The lowest BCUT2D eigenvalue weighted by molar-refractivity contribution is 0.102. The Bertz CT molecular complexity index is 908. The van der Waals surface area contributed by atoms with E-state index in [4.69, 9.17) is 9.26 Å². The zero-order valence-electron chi connectivity index (χ0n) is 13.7. The van der Waals surface area contributed by atoms with E-state index in [9.17, 15) is 9.18 Å². The quantitative estimate of drug-likeness (QED) is 0.766. The number of nitrogens with one attached hydrogen (secondary N) is 1. The molecule has 0 aliphatic rings. The van der Waals surface area contributed by atoms with Gasteiger partial charge >= 0.3 is 0 Å². The Kier molecular flexibility index (Phi) is 4.74. The fourth-order valence-corrected chi connectivity index (χ4v) is 2.24. The molecule has 0 aliphatic carbocycles. The summed E-state index contributed by atoms with van der Waals surface area (Å²) >= 11 is 0. The van der Waals surface area contributed by atoms with Crippen LogP contribution < -0.4 is 10.1 Å². The Labute approximate surface area is 143 Å². The number of para-hydroxylation sites is 1. The van der Waals surface area contributed by atoms with Crippen LogP contribution in [-0.4, -0.2) is 16.0 Å². The van der Waals surface area contributed by atoms with Gasteiger partial charge in [-0.25, -0.2) is 4.39 Å². The molecule has 1 aromatic heterocycles. The number of benzene rings is 2. The van der Waals surface area contributed by atoms with Gasteiger partial charge < -0.3 is 14.6 Å². The minimum absolute atomic E-state index is 0.0701. The lowest BCUT2D eigenvalue weighted by atomic mass is 10.1. The predicted molar refractivity (Wildman–Crippen MR) is 88.9 cm³/mol. The van der Waals surface area contributed by atoms with Crippen molar-refractivity contribution >= 4 is 11.6 Å². The minimum Gasteiger partial charge on any atom is -0.485 e. The number of hydrogen-bond donors (Lipinski definition) is 1. The molecule has 0 spiro atoms. The summed E-state index contributed by atoms with van der Waals surface area (Å²) in [5.41, 5.74) is 1.50. The molecule has 1 heterocycles. The van der Waals surface area contributed by atoms with Gasteiger partial charge in [-0.3, -0.25) is 4.79 Å². The molecule has 128 valence electrons. The summed E-state index contributed by atoms with van der Waals surface area (Å²) in [6.07, 6.45) is 0. The Morgan fingerprint density at radius 1 is 1.24 bits per heavy atom. The second-order valence-electron chi connectivity index (χ2n) is 5.43. The van der Waals surface area contributed by atoms with E-state index in [1.807, 2.05) is 0 Å². The van der Waals surface area contributed by atoms with Crippen LogP contribution in [0.25, 0.3) is 0 Å². The first-order valence-electron chi connectivity index (χ1n) is 7.61. The fraction of sp³-hybridized carbons (Fsp3) is 0.167. The van der Waals surface area contributed by atoms with E-state index >= 15 is 0 Å². The number of halogens is 1. The number of carbonyl (C=O) groups excluding carboxylic acids is 1. The van der Waals surface area contributed by atoms with Gasteiger partial charge in [0.25, 0.3) is 5.91 Å². The zero-order valence-corrected chi connectivity index (χ0v) is 13.7. The topological polar surface area (TPSA) is 77.2 Å². The highest BCUT2D eigenvalue weighted by Crippen LogP contribution is 2.22. The molecule has 0 unspecified atom stereocenters. The van der Waals surface area contributed by atoms with Gasteiger partial charge in [0.05, 0.1) is 5.56 Å². The number of aromatic nitrogens is 2. The Hall–Kier alpha value is -3.22. The third-order valence-electron chi connectivity index (χ3n) is 3.51. The van der Waals surface area contributed by atoms with E-state index in [0.29, 0.717) is 28.7 Å². The van der Waals surface area contributed by atoms with Crippen LogP contribution in [0, 0.1) is 19.7 Å². The number of anilines is 1. The molecule has 1 amide bonds. The molecule has 3 aromatic rings. The number of nitrogens with zero attached hydrogens (tertiary/aromatic N) is 2. The Morgan fingerprint density at radius 2 is 2.04 bits per heavy atom. The molecule has 2 aromatic carbocycles. The summed E-state index contributed by atoms with van der Waals surface area (Å²) in [7, 11) is 0. The highest BCUT2D eigenvalue weighted by atomic mass is 19.1. The van der Waals surface area contributed by atoms with Gasteiger partial charge in [0.2, 0.25) is 11.7 Å². The first-order valence-corrected chi connectivity index (χ1v) is 7.61. The summed E-state index contributed by atoms with van der Waals surface area (Å²) < 4.78 is 23.9. The van der Waals surface area contributed by atoms with Crippen LogP contribution in [0.4, 0.5) is 10.1 Å². The van der Waals surface area contributed by atoms with Crippen LogP contribution >= 0.6 is 0 Å². The van der Waals surface area contributed by atoms with Crippen molar-refractivity contribution in [3.63, 3.8) is 0 Å². The third kappa shape index (κ3) is 4.00. The smallest absolute Gasteiger partial charge is 0.259 e. The van der Waals surface area contributed by atoms with Gasteiger partial charge in [-0.15, -0.1) is 0 Å². The normalized spacial score (nSPS) is 10.5. The fourth-order valence-electron chi connectivity index (χ4n) is 2.24. The average Bonchev–Trinajstić information content (AvgIpc) is 3.02. The molecular weight excluding hydrogens is 325 g/mol. The molecule has 0 saturated carbocycles. The van der Waals surface area contributed by atoms with Crippen LogP contribution in [0.5, 0.6) is 5.75 Å². The van der Waals surface area contributed by atoms with Gasteiger partial charge in [0.15, 0.2) is 6.61 Å². The van der Waals surface area contributed by atoms with E-state index in [1.54, 1.807) is 44.2 Å². The monoisotopic (exact) mass is 341 g/mol. The predicted octanol–water partition coefficient (Wildman–Crippen LogP) is 3.66. The summed E-state index contributed by atoms with van der Waals surface area (Å²) in [5, 5.41) is 6.44. The van der Waals surface area contributed by atoms with Gasteiger partial charge in [-0.1, -0.05) is 23.4 Å². The summed E-state index contributed by atoms with van der Waals surface area (Å²) in [6.45, 7) is 3.54. The number of aryl methyl sites for hydroxylation is 2. The van der Waals surface area contributed by atoms with Crippen molar-refractivity contribution in [2.24, 2.45) is 0 Å². The molecular formula is C18H16FN3O3. The number of ether oxygens (including phenoxy) is 1. The van der Waals surface area contributed by atoms with E-state index in [-0.39, 0.29) is 6.61 Å². The van der Waals surface area contributed by atoms with Crippen molar-refractivity contribution in [2.75, 3.05) is 5.32 Å². The maximum absolute atomic E-state index is 13.4. The van der Waals surface area contributed by atoms with Crippen molar-refractivity contribution in [1.29, 1.82) is 0 Å². The van der Waals surface area contributed by atoms with E-state index < -0.39 is 11.7 Å². The SMILES string of the molecule is Cc1nc(COc2ccccc2C(=O)Nc2cc(F)ccc2C)no1. The first kappa shape index (κ1) is 16.6. The highest BCUT2D eigenvalue weighted by molar-refractivity contribution is 6.06. The maximum Gasteiger partial charge on any atom is 0.259 e. The lowest BCUT2D eigenvalue weighted by Gasteiger charge is -2.12. The number of hydrogen-bond acceptors (Lipinski definition) is 5. The molecule has 0 radical (unpaired) electrons. The van der Waals surface area contributed by atoms with E-state index in [0.717, 1.165) is 5.56 Å². The first-order chi connectivity index (χ1) is 12.0. The molecule has 25 heavy (non-hydrogen) atoms. The second-order valence-corrected chi connectivity index (χ2v) is 5.43. The van der Waals surface area contributed by atoms with Gasteiger partial charge in [-0.2, -0.15) is 4.98 Å². The molecule has 0 saturated heterocycles. The molecule has 7 heteroatoms. The number of carbonyl (C=O) groups is 1. The van der Waals surface area contributed by atoms with Gasteiger partial charge in [0.1, 0.15) is 11.6 Å². The van der Waals surface area contributed by atoms with Gasteiger partial charge in [-0.05, 0) is 36.8 Å². The maximum atomic E-state index is 13.4. The van der Waals surface area contributed by atoms with Crippen molar-refractivity contribution in [2.45, 2.75) is 20.5 Å². The van der Waals surface area contributed by atoms with Crippen molar-refractivity contribution in [1.82, 2.24) is 10.1 Å². The molecule has 0 fully saturated rings. The zero-order chi connectivity index (χ0) is 17.8. The molecule has 6 nitrogen and oxygen atoms in total. The average molecular weight is 341 g/mol. The van der Waals surface area contributed by atoms with Crippen LogP contribution in [0.15, 0.2) is 47.0 Å². The summed E-state index contributed by atoms with van der Waals surface area (Å²) in [5.74, 6) is 0.378. The second kappa shape index (κ2) is 7.12. The van der Waals surface area contributed by atoms with Crippen LogP contribution in [0.3, 0.4) is 0 Å². The van der Waals surface area contributed by atoms with E-state index in [2.05, 4.69) is 15.5 Å². The number of rotatable bonds is 5. The Balaban J connectivity index is 1.77. The Morgan fingerprint density at radius 3 is 2.80 bits per heavy atom.